The largest absolute Gasteiger partial charge is 0.494 e. The van der Waals surface area contributed by atoms with Crippen LogP contribution in [0.25, 0.3) is 11.8 Å². The molecule has 1 aromatic heterocycles. The van der Waals surface area contributed by atoms with Crippen LogP contribution in [0, 0.1) is 24.4 Å². The van der Waals surface area contributed by atoms with Crippen LogP contribution in [0.15, 0.2) is 42.4 Å². The Morgan fingerprint density at radius 3 is 2.51 bits per heavy atom. The highest BCUT2D eigenvalue weighted by Crippen LogP contribution is 2.31. The van der Waals surface area contributed by atoms with Crippen LogP contribution in [0.1, 0.15) is 29.9 Å². The number of aromatic nitrogens is 3. The Morgan fingerprint density at radius 1 is 1.20 bits per heavy atom. The summed E-state index contributed by atoms with van der Waals surface area (Å²) in [7, 11) is 1.50. The standard InChI is InChI=1S/C24H23F3N4O4/c1-13(32)23(16-10-17(25)22(27)18(26)11-16)30-6-7-35-21(24(30)33)9-15-4-5-19(20(8-15)34-3)31-12-28-14(2)29-31/h4-5,8-13,23,32H,6-7H2,1-3H3/b21-9-/t13-,23+/m1/s1. The molecule has 1 aliphatic rings. The number of morpholine rings is 1. The van der Waals surface area contributed by atoms with Gasteiger partial charge in [0, 0.05) is 0 Å². The van der Waals surface area contributed by atoms with Gasteiger partial charge in [0.05, 0.1) is 25.8 Å². The van der Waals surface area contributed by atoms with Crippen LogP contribution < -0.4 is 4.74 Å². The quantitative estimate of drug-likeness (QED) is 0.423. The van der Waals surface area contributed by atoms with Crippen molar-refractivity contribution in [1.82, 2.24) is 19.7 Å². The molecule has 4 rings (SSSR count). The predicted molar refractivity (Wildman–Crippen MR) is 119 cm³/mol. The van der Waals surface area contributed by atoms with Gasteiger partial charge in [-0.15, -0.1) is 0 Å². The second-order valence-corrected chi connectivity index (χ2v) is 8.01. The van der Waals surface area contributed by atoms with Gasteiger partial charge in [-0.05, 0) is 55.3 Å². The number of benzene rings is 2. The highest BCUT2D eigenvalue weighted by molar-refractivity contribution is 5.96. The van der Waals surface area contributed by atoms with Gasteiger partial charge in [0.1, 0.15) is 30.2 Å². The number of aliphatic hydroxyl groups is 1. The first-order valence-electron chi connectivity index (χ1n) is 10.7. The van der Waals surface area contributed by atoms with Gasteiger partial charge in [-0.2, -0.15) is 5.10 Å². The third kappa shape index (κ3) is 4.85. The van der Waals surface area contributed by atoms with Gasteiger partial charge < -0.3 is 19.5 Å². The molecule has 0 bridgehead atoms. The van der Waals surface area contributed by atoms with Gasteiger partial charge in [0.25, 0.3) is 5.91 Å². The molecule has 3 aromatic rings. The minimum atomic E-state index is -1.62. The zero-order chi connectivity index (χ0) is 25.3. The fourth-order valence-electron chi connectivity index (χ4n) is 3.98. The lowest BCUT2D eigenvalue weighted by molar-refractivity contribution is -0.141. The van der Waals surface area contributed by atoms with E-state index in [2.05, 4.69) is 10.1 Å². The smallest absolute Gasteiger partial charge is 0.289 e. The zero-order valence-electron chi connectivity index (χ0n) is 19.2. The van der Waals surface area contributed by atoms with Crippen LogP contribution in [0.4, 0.5) is 13.2 Å². The number of rotatable bonds is 6. The summed E-state index contributed by atoms with van der Waals surface area (Å²) in [5.74, 6) is -3.99. The first-order valence-corrected chi connectivity index (χ1v) is 10.7. The normalized spacial score (nSPS) is 16.8. The van der Waals surface area contributed by atoms with E-state index < -0.39 is 35.5 Å². The first-order chi connectivity index (χ1) is 16.7. The minimum absolute atomic E-state index is 0.0311. The van der Waals surface area contributed by atoms with Crippen LogP contribution in [0.2, 0.25) is 0 Å². The summed E-state index contributed by atoms with van der Waals surface area (Å²) >= 11 is 0. The van der Waals surface area contributed by atoms with Gasteiger partial charge >= 0.3 is 0 Å². The summed E-state index contributed by atoms with van der Waals surface area (Å²) in [4.78, 5) is 18.6. The Hall–Kier alpha value is -3.86. The molecule has 2 atom stereocenters. The Labute approximate surface area is 199 Å². The third-order valence-corrected chi connectivity index (χ3v) is 5.56. The van der Waals surface area contributed by atoms with E-state index in [0.29, 0.717) is 22.8 Å². The number of aryl methyl sites for hydroxylation is 1. The topological polar surface area (TPSA) is 89.7 Å². The van der Waals surface area contributed by atoms with Crippen molar-refractivity contribution in [2.75, 3.05) is 20.3 Å². The molecule has 0 radical (unpaired) electrons. The van der Waals surface area contributed by atoms with E-state index in [1.807, 2.05) is 0 Å². The summed E-state index contributed by atoms with van der Waals surface area (Å²) in [6.45, 7) is 3.28. The van der Waals surface area contributed by atoms with Crippen molar-refractivity contribution in [3.05, 3.63) is 76.8 Å². The van der Waals surface area contributed by atoms with E-state index in [0.717, 1.165) is 12.1 Å². The van der Waals surface area contributed by atoms with Gasteiger partial charge in [-0.1, -0.05) is 6.07 Å². The molecule has 184 valence electrons. The number of hydrogen-bond donors (Lipinski definition) is 1. The number of halogens is 3. The highest BCUT2D eigenvalue weighted by Gasteiger charge is 2.35. The van der Waals surface area contributed by atoms with Gasteiger partial charge in [-0.3, -0.25) is 4.79 Å². The molecule has 0 unspecified atom stereocenters. The van der Waals surface area contributed by atoms with E-state index in [1.54, 1.807) is 36.1 Å². The monoisotopic (exact) mass is 488 g/mol. The molecule has 1 saturated heterocycles. The molecule has 35 heavy (non-hydrogen) atoms. The number of methoxy groups -OCH3 is 1. The van der Waals surface area contributed by atoms with Crippen molar-refractivity contribution < 1.29 is 32.5 Å². The molecule has 11 heteroatoms. The molecular weight excluding hydrogens is 465 g/mol. The van der Waals surface area contributed by atoms with Crippen molar-refractivity contribution in [2.24, 2.45) is 0 Å². The van der Waals surface area contributed by atoms with E-state index in [-0.39, 0.29) is 24.5 Å². The fraction of sp³-hybridized carbons (Fsp3) is 0.292. The van der Waals surface area contributed by atoms with Crippen molar-refractivity contribution in [3.63, 3.8) is 0 Å². The minimum Gasteiger partial charge on any atom is -0.494 e. The molecular formula is C24H23F3N4O4. The lowest BCUT2D eigenvalue weighted by Gasteiger charge is -2.37. The van der Waals surface area contributed by atoms with Gasteiger partial charge in [0.2, 0.25) is 0 Å². The lowest BCUT2D eigenvalue weighted by atomic mass is 9.99. The summed E-state index contributed by atoms with van der Waals surface area (Å²) < 4.78 is 53.8. The Kier molecular flexibility index (Phi) is 6.79. The van der Waals surface area contributed by atoms with Gasteiger partial charge in [0.15, 0.2) is 23.2 Å². The lowest BCUT2D eigenvalue weighted by Crippen LogP contribution is -2.46. The van der Waals surface area contributed by atoms with Crippen LogP contribution >= 0.6 is 0 Å². The molecule has 1 amide bonds. The Bertz CT molecular complexity index is 1270. The molecule has 1 N–H and O–H groups in total. The van der Waals surface area contributed by atoms with Crippen LogP contribution in [-0.2, 0) is 9.53 Å². The summed E-state index contributed by atoms with van der Waals surface area (Å²) in [6, 6.07) is 5.59. The molecule has 1 fully saturated rings. The summed E-state index contributed by atoms with van der Waals surface area (Å²) in [5, 5.41) is 14.6. The number of carbonyl (C=O) groups excluding carboxylic acids is 1. The van der Waals surface area contributed by atoms with E-state index in [4.69, 9.17) is 9.47 Å². The van der Waals surface area contributed by atoms with Crippen molar-refractivity contribution in [3.8, 4) is 11.4 Å². The number of hydrogen-bond acceptors (Lipinski definition) is 6. The Morgan fingerprint density at radius 2 is 1.91 bits per heavy atom. The van der Waals surface area contributed by atoms with E-state index in [1.165, 1.54) is 25.0 Å². The number of aliphatic hydroxyl groups excluding tert-OH is 1. The van der Waals surface area contributed by atoms with Crippen LogP contribution in [0.3, 0.4) is 0 Å². The van der Waals surface area contributed by atoms with Crippen LogP contribution in [0.5, 0.6) is 5.75 Å². The molecule has 0 saturated carbocycles. The average molecular weight is 488 g/mol. The first kappa shape index (κ1) is 24.3. The maximum atomic E-state index is 13.9. The third-order valence-electron chi connectivity index (χ3n) is 5.56. The zero-order valence-corrected chi connectivity index (χ0v) is 19.2. The van der Waals surface area contributed by atoms with E-state index in [9.17, 15) is 23.1 Å². The number of nitrogens with zero attached hydrogens (tertiary/aromatic N) is 4. The Balaban J connectivity index is 1.66. The molecule has 0 aliphatic carbocycles. The van der Waals surface area contributed by atoms with Crippen molar-refractivity contribution >= 4 is 12.0 Å². The molecule has 1 aliphatic heterocycles. The number of carbonyl (C=O) groups is 1. The molecule has 0 spiro atoms. The maximum Gasteiger partial charge on any atom is 0.289 e. The number of amides is 1. The number of ether oxygens (including phenoxy) is 2. The fourth-order valence-corrected chi connectivity index (χ4v) is 3.98. The second kappa shape index (κ2) is 9.79. The summed E-state index contributed by atoms with van der Waals surface area (Å²) in [6.07, 6.45) is 1.85. The van der Waals surface area contributed by atoms with Crippen molar-refractivity contribution in [2.45, 2.75) is 26.0 Å². The highest BCUT2D eigenvalue weighted by atomic mass is 19.2. The maximum absolute atomic E-state index is 13.9. The SMILES string of the molecule is COc1cc(/C=C2\OCCN([C@H](c3cc(F)c(F)c(F)c3)[C@@H](C)O)C2=O)ccc1-n1cnc(C)n1. The molecule has 8 nitrogen and oxygen atoms in total. The van der Waals surface area contributed by atoms with E-state index >= 15 is 0 Å². The average Bonchev–Trinajstić information content (AvgIpc) is 3.25. The molecule has 2 heterocycles. The molecule has 2 aromatic carbocycles. The van der Waals surface area contributed by atoms with Crippen molar-refractivity contribution in [1.29, 1.82) is 0 Å². The predicted octanol–water partition coefficient (Wildman–Crippen LogP) is 3.32. The van der Waals surface area contributed by atoms with Gasteiger partial charge in [-0.25, -0.2) is 22.8 Å². The van der Waals surface area contributed by atoms with Crippen LogP contribution in [-0.4, -0.2) is 57.0 Å². The second-order valence-electron chi connectivity index (χ2n) is 8.01. The summed E-state index contributed by atoms with van der Waals surface area (Å²) in [5.41, 5.74) is 1.16.